The Kier molecular flexibility index (Phi) is 1.29. The van der Waals surface area contributed by atoms with Gasteiger partial charge in [-0.3, -0.25) is 0 Å². The van der Waals surface area contributed by atoms with Gasteiger partial charge >= 0.3 is 0 Å². The summed E-state index contributed by atoms with van der Waals surface area (Å²) in [6.07, 6.45) is 4.66. The van der Waals surface area contributed by atoms with Crippen molar-refractivity contribution in [3.05, 3.63) is 0 Å². The zero-order valence-electron chi connectivity index (χ0n) is 6.43. The van der Waals surface area contributed by atoms with Crippen LogP contribution in [0, 0.1) is 5.92 Å². The van der Waals surface area contributed by atoms with Gasteiger partial charge in [0.05, 0.1) is 6.10 Å². The summed E-state index contributed by atoms with van der Waals surface area (Å²) < 4.78 is 0. The van der Waals surface area contributed by atoms with Crippen molar-refractivity contribution in [1.82, 2.24) is 5.32 Å². The van der Waals surface area contributed by atoms with E-state index in [1.807, 2.05) is 7.05 Å². The van der Waals surface area contributed by atoms with Gasteiger partial charge in [-0.05, 0) is 38.6 Å². The molecule has 0 radical (unpaired) electrons. The van der Waals surface area contributed by atoms with Gasteiger partial charge in [0.25, 0.3) is 0 Å². The van der Waals surface area contributed by atoms with Crippen molar-refractivity contribution in [2.75, 3.05) is 7.05 Å². The summed E-state index contributed by atoms with van der Waals surface area (Å²) in [7, 11) is 2.01. The predicted octanol–water partition coefficient (Wildman–Crippen LogP) is 0.509. The Bertz CT molecular complexity index is 144. The minimum Gasteiger partial charge on any atom is -0.393 e. The van der Waals surface area contributed by atoms with Crippen molar-refractivity contribution in [2.45, 2.75) is 37.3 Å². The maximum absolute atomic E-state index is 9.48. The van der Waals surface area contributed by atoms with Gasteiger partial charge in [-0.1, -0.05) is 0 Å². The molecule has 0 heterocycles. The van der Waals surface area contributed by atoms with E-state index in [4.69, 9.17) is 0 Å². The van der Waals surface area contributed by atoms with Crippen LogP contribution in [0.4, 0.5) is 0 Å². The molecule has 0 amide bonds. The second-order valence-corrected chi connectivity index (χ2v) is 3.80. The van der Waals surface area contributed by atoms with E-state index >= 15 is 0 Å². The van der Waals surface area contributed by atoms with E-state index in [0.717, 1.165) is 6.42 Å². The van der Waals surface area contributed by atoms with Crippen LogP contribution in [0.25, 0.3) is 0 Å². The second-order valence-electron chi connectivity index (χ2n) is 3.80. The molecule has 2 heteroatoms. The van der Waals surface area contributed by atoms with Crippen LogP contribution in [0.5, 0.6) is 0 Å². The molecule has 2 fully saturated rings. The molecule has 0 spiro atoms. The fourth-order valence-electron chi connectivity index (χ4n) is 2.58. The van der Waals surface area contributed by atoms with Crippen molar-refractivity contribution >= 4 is 0 Å². The molecule has 2 rings (SSSR count). The third-order valence-electron chi connectivity index (χ3n) is 3.32. The zero-order valence-corrected chi connectivity index (χ0v) is 6.43. The Morgan fingerprint density at radius 2 is 2.30 bits per heavy atom. The highest BCUT2D eigenvalue weighted by Crippen LogP contribution is 2.47. The first kappa shape index (κ1) is 6.62. The van der Waals surface area contributed by atoms with Crippen LogP contribution in [0.2, 0.25) is 0 Å². The van der Waals surface area contributed by atoms with Crippen molar-refractivity contribution < 1.29 is 5.11 Å². The van der Waals surface area contributed by atoms with Crippen molar-refractivity contribution in [3.63, 3.8) is 0 Å². The van der Waals surface area contributed by atoms with Gasteiger partial charge in [0.1, 0.15) is 0 Å². The third kappa shape index (κ3) is 0.722. The molecule has 0 aromatic heterocycles. The van der Waals surface area contributed by atoms with E-state index in [1.165, 1.54) is 19.3 Å². The molecule has 2 aliphatic carbocycles. The first-order valence-corrected chi connectivity index (χ1v) is 4.13. The number of nitrogens with one attached hydrogen (secondary N) is 1. The lowest BCUT2D eigenvalue weighted by molar-refractivity contribution is 0.105. The zero-order chi connectivity index (χ0) is 7.19. The van der Waals surface area contributed by atoms with Crippen LogP contribution in [0.1, 0.15) is 25.7 Å². The van der Waals surface area contributed by atoms with Crippen LogP contribution >= 0.6 is 0 Å². The highest BCUT2D eigenvalue weighted by Gasteiger charge is 2.48. The molecular formula is C8H15NO. The van der Waals surface area contributed by atoms with Crippen molar-refractivity contribution in [1.29, 1.82) is 0 Å². The Labute approximate surface area is 61.6 Å². The first-order chi connectivity index (χ1) is 4.76. The molecule has 0 saturated heterocycles. The number of rotatable bonds is 1. The molecule has 0 aromatic rings. The van der Waals surface area contributed by atoms with Crippen LogP contribution in [-0.2, 0) is 0 Å². The molecule has 2 saturated carbocycles. The number of hydrogen-bond acceptors (Lipinski definition) is 2. The minimum absolute atomic E-state index is 0.0128. The molecule has 2 nitrogen and oxygen atoms in total. The summed E-state index contributed by atoms with van der Waals surface area (Å²) in [6.45, 7) is 0. The maximum atomic E-state index is 9.48. The number of aliphatic hydroxyl groups is 1. The minimum atomic E-state index is -0.0128. The molecule has 3 atom stereocenters. The Morgan fingerprint density at radius 3 is 2.60 bits per heavy atom. The Balaban J connectivity index is 2.14. The third-order valence-corrected chi connectivity index (χ3v) is 3.32. The molecule has 3 unspecified atom stereocenters. The number of hydrogen-bond donors (Lipinski definition) is 2. The molecule has 2 bridgehead atoms. The average molecular weight is 141 g/mol. The topological polar surface area (TPSA) is 32.3 Å². The summed E-state index contributed by atoms with van der Waals surface area (Å²) in [6, 6.07) is 0. The smallest absolute Gasteiger partial charge is 0.0586 e. The average Bonchev–Trinajstić information content (AvgIpc) is 2.45. The lowest BCUT2D eigenvalue weighted by atomic mass is 9.92. The largest absolute Gasteiger partial charge is 0.393 e. The van der Waals surface area contributed by atoms with E-state index in [2.05, 4.69) is 5.32 Å². The first-order valence-electron chi connectivity index (χ1n) is 4.13. The monoisotopic (exact) mass is 141 g/mol. The van der Waals surface area contributed by atoms with Gasteiger partial charge in [-0.2, -0.15) is 0 Å². The van der Waals surface area contributed by atoms with Gasteiger partial charge in [0.2, 0.25) is 0 Å². The molecule has 0 aromatic carbocycles. The predicted molar refractivity (Wildman–Crippen MR) is 39.8 cm³/mol. The molecule has 2 N–H and O–H groups in total. The molecule has 58 valence electrons. The van der Waals surface area contributed by atoms with Crippen LogP contribution in [0.15, 0.2) is 0 Å². The normalized spacial score (nSPS) is 52.2. The summed E-state index contributed by atoms with van der Waals surface area (Å²) in [4.78, 5) is 0. The van der Waals surface area contributed by atoms with E-state index in [1.54, 1.807) is 0 Å². The van der Waals surface area contributed by atoms with Crippen molar-refractivity contribution in [2.24, 2.45) is 5.92 Å². The molecule has 2 aliphatic rings. The summed E-state index contributed by atoms with van der Waals surface area (Å²) >= 11 is 0. The fourth-order valence-corrected chi connectivity index (χ4v) is 2.58. The number of aliphatic hydroxyl groups excluding tert-OH is 1. The highest BCUT2D eigenvalue weighted by molar-refractivity contribution is 5.05. The molecular weight excluding hydrogens is 126 g/mol. The van der Waals surface area contributed by atoms with E-state index < -0.39 is 0 Å². The second kappa shape index (κ2) is 1.95. The summed E-state index contributed by atoms with van der Waals surface area (Å²) in [5.41, 5.74) is 0.323. The van der Waals surface area contributed by atoms with E-state index in [-0.39, 0.29) is 6.10 Å². The summed E-state index contributed by atoms with van der Waals surface area (Å²) in [5.74, 6) is 0.604. The fraction of sp³-hybridized carbons (Fsp3) is 1.00. The van der Waals surface area contributed by atoms with Gasteiger partial charge < -0.3 is 10.4 Å². The molecule has 0 aliphatic heterocycles. The maximum Gasteiger partial charge on any atom is 0.0586 e. The van der Waals surface area contributed by atoms with Gasteiger partial charge in [0, 0.05) is 5.54 Å². The highest BCUT2D eigenvalue weighted by atomic mass is 16.3. The lowest BCUT2D eigenvalue weighted by Gasteiger charge is -2.27. The van der Waals surface area contributed by atoms with Gasteiger partial charge in [0.15, 0.2) is 0 Å². The summed E-state index contributed by atoms with van der Waals surface area (Å²) in [5, 5.41) is 12.8. The van der Waals surface area contributed by atoms with Crippen LogP contribution < -0.4 is 5.32 Å². The number of fused-ring (bicyclic) bond motifs is 2. The Hall–Kier alpha value is -0.0800. The van der Waals surface area contributed by atoms with Crippen LogP contribution in [0.3, 0.4) is 0 Å². The van der Waals surface area contributed by atoms with Crippen molar-refractivity contribution in [3.8, 4) is 0 Å². The standard InChI is InChI=1S/C8H15NO/c1-9-8-3-2-6(4-8)7(10)5-8/h6-7,9-10H,2-5H2,1H3. The SMILES string of the molecule is CNC12CCC(C1)C(O)C2. The quantitative estimate of drug-likeness (QED) is 0.557. The molecule has 10 heavy (non-hydrogen) atoms. The van der Waals surface area contributed by atoms with Crippen LogP contribution in [-0.4, -0.2) is 23.8 Å². The van der Waals surface area contributed by atoms with E-state index in [0.29, 0.717) is 11.5 Å². The van der Waals surface area contributed by atoms with E-state index in [9.17, 15) is 5.11 Å². The van der Waals surface area contributed by atoms with Gasteiger partial charge in [-0.25, -0.2) is 0 Å². The Morgan fingerprint density at radius 1 is 1.50 bits per heavy atom. The lowest BCUT2D eigenvalue weighted by Crippen LogP contribution is -2.40. The van der Waals surface area contributed by atoms with Gasteiger partial charge in [-0.15, -0.1) is 0 Å².